The van der Waals surface area contributed by atoms with Crippen molar-refractivity contribution in [2.45, 2.75) is 102 Å². The van der Waals surface area contributed by atoms with Gasteiger partial charge >= 0.3 is 12.1 Å². The minimum atomic E-state index is -1.35. The van der Waals surface area contributed by atoms with Gasteiger partial charge in [-0.15, -0.1) is 0 Å². The summed E-state index contributed by atoms with van der Waals surface area (Å²) >= 11 is 0. The number of ether oxygens (including phenoxy) is 1. The van der Waals surface area contributed by atoms with Crippen LogP contribution >= 0.6 is 0 Å². The molecule has 2 saturated heterocycles. The fourth-order valence-electron chi connectivity index (χ4n) is 6.41. The lowest BCUT2D eigenvalue weighted by molar-refractivity contribution is -0.143. The Morgan fingerprint density at radius 1 is 1.00 bits per heavy atom. The molecule has 4 atom stereocenters. The van der Waals surface area contributed by atoms with Gasteiger partial charge in [-0.05, 0) is 61.8 Å². The number of carbonyl (C=O) groups excluding carboxylic acids is 6. The van der Waals surface area contributed by atoms with E-state index in [0.29, 0.717) is 37.8 Å². The van der Waals surface area contributed by atoms with E-state index in [1.54, 1.807) is 30.3 Å². The molecule has 262 valence electrons. The molecular weight excluding hydrogens is 622 g/mol. The maximum absolute atomic E-state index is 13.7. The van der Waals surface area contributed by atoms with Gasteiger partial charge in [0.2, 0.25) is 23.5 Å². The van der Waals surface area contributed by atoms with Gasteiger partial charge in [0.15, 0.2) is 6.04 Å². The maximum atomic E-state index is 13.7. The quantitative estimate of drug-likeness (QED) is 0.231. The molecule has 1 saturated carbocycles. The average molecular weight is 670 g/mol. The number of rotatable bonds is 10. The number of carbonyl (C=O) groups is 7. The molecule has 1 spiro atoms. The van der Waals surface area contributed by atoms with E-state index in [4.69, 9.17) is 4.74 Å². The lowest BCUT2D eigenvalue weighted by Gasteiger charge is -2.31. The van der Waals surface area contributed by atoms with Gasteiger partial charge in [0.25, 0.3) is 5.91 Å². The number of benzene rings is 1. The second-order valence-corrected chi connectivity index (χ2v) is 13.5. The summed E-state index contributed by atoms with van der Waals surface area (Å²) < 4.78 is 5.25. The third-order valence-electron chi connectivity index (χ3n) is 9.22. The number of fused-ring (bicyclic) bond motifs is 1. The Hall–Kier alpha value is -4.49. The predicted octanol–water partition coefficient (Wildman–Crippen LogP) is 1.97. The van der Waals surface area contributed by atoms with Gasteiger partial charge in [0.1, 0.15) is 12.1 Å². The van der Waals surface area contributed by atoms with E-state index < -0.39 is 72.2 Å². The van der Waals surface area contributed by atoms with Gasteiger partial charge in [-0.25, -0.2) is 9.59 Å². The molecule has 1 aromatic carbocycles. The molecule has 5 N–H and O–H groups in total. The monoisotopic (exact) mass is 669 g/mol. The topological polar surface area (TPSA) is 200 Å². The van der Waals surface area contributed by atoms with Crippen LogP contribution in [0.2, 0.25) is 0 Å². The van der Waals surface area contributed by atoms with Gasteiger partial charge in [0, 0.05) is 6.54 Å². The number of carboxylic acids is 1. The Kier molecular flexibility index (Phi) is 12.5. The largest absolute Gasteiger partial charge is 0.479 e. The van der Waals surface area contributed by atoms with Crippen molar-refractivity contribution >= 4 is 41.5 Å². The minimum Gasteiger partial charge on any atom is -0.479 e. The van der Waals surface area contributed by atoms with Crippen LogP contribution in [0.4, 0.5) is 4.79 Å². The first-order chi connectivity index (χ1) is 22.9. The second-order valence-electron chi connectivity index (χ2n) is 13.5. The van der Waals surface area contributed by atoms with Crippen LogP contribution in [0.25, 0.3) is 0 Å². The molecule has 2 heterocycles. The van der Waals surface area contributed by atoms with Crippen molar-refractivity contribution in [1.82, 2.24) is 26.2 Å². The second kappa shape index (κ2) is 16.6. The first kappa shape index (κ1) is 36.3. The molecule has 1 aliphatic carbocycles. The molecule has 1 aromatic rings. The first-order valence-corrected chi connectivity index (χ1v) is 16.8. The van der Waals surface area contributed by atoms with E-state index in [2.05, 4.69) is 21.3 Å². The van der Waals surface area contributed by atoms with Gasteiger partial charge in [-0.2, -0.15) is 0 Å². The predicted molar refractivity (Wildman–Crippen MR) is 172 cm³/mol. The van der Waals surface area contributed by atoms with Crippen molar-refractivity contribution in [3.8, 4) is 0 Å². The summed E-state index contributed by atoms with van der Waals surface area (Å²) in [6, 6.07) is 3.77. The molecule has 3 fully saturated rings. The minimum absolute atomic E-state index is 0.121. The molecule has 48 heavy (non-hydrogen) atoms. The molecule has 2 aliphatic heterocycles. The summed E-state index contributed by atoms with van der Waals surface area (Å²) in [5.41, 5.74) is 0.119. The Bertz CT molecular complexity index is 1360. The van der Waals surface area contributed by atoms with Crippen molar-refractivity contribution < 1.29 is 43.4 Å². The Morgan fingerprint density at radius 3 is 2.40 bits per heavy atom. The van der Waals surface area contributed by atoms with Crippen molar-refractivity contribution in [2.75, 3.05) is 19.7 Å². The van der Waals surface area contributed by atoms with Crippen molar-refractivity contribution in [1.29, 1.82) is 0 Å². The summed E-state index contributed by atoms with van der Waals surface area (Å²) in [6.07, 6.45) is 5.58. The van der Waals surface area contributed by atoms with E-state index in [9.17, 15) is 38.7 Å². The van der Waals surface area contributed by atoms with Crippen LogP contribution < -0.4 is 21.3 Å². The number of nitrogens with one attached hydrogen (secondary N) is 4. The number of alkyl carbamates (subject to hydrolysis) is 1. The molecule has 4 rings (SSSR count). The smallest absolute Gasteiger partial charge is 0.407 e. The highest BCUT2D eigenvalue weighted by Gasteiger charge is 2.47. The number of Topliss-reactive ketones (excluding diaryl/α,β-unsaturated/α-hetero) is 1. The third kappa shape index (κ3) is 10.0. The number of ketones is 1. The standard InChI is InChI=1S/C34H47N5O9/c1-21(2)20-48-33(47)37-23-12-7-4-8-14-34(15-16-34)18-24(36-29(42)25-13-9-17-39(25)31(23)44)28(41)30(43)35-19-26(40)38-27(32(45)46)22-10-5-3-6-11-22/h3,5-6,10-11,21,23-25,27H,4,7-9,12-20H2,1-2H3,(H,35,43)(H,36,42)(H,37,47)(H,38,40)(H,45,46)/t23-,24?,25-,27-/m0/s1. The van der Waals surface area contributed by atoms with E-state index in [1.807, 2.05) is 13.8 Å². The molecular formula is C34H47N5O9. The van der Waals surface area contributed by atoms with Gasteiger partial charge in [0.05, 0.1) is 19.2 Å². The lowest BCUT2D eigenvalue weighted by Crippen LogP contribution is -2.57. The number of hydrogen-bond donors (Lipinski definition) is 5. The summed E-state index contributed by atoms with van der Waals surface area (Å²) in [4.78, 5) is 92.2. The lowest BCUT2D eigenvalue weighted by atomic mass is 9.88. The zero-order chi connectivity index (χ0) is 34.8. The molecule has 5 amide bonds. The van der Waals surface area contributed by atoms with Crippen LogP contribution in [-0.2, 0) is 33.5 Å². The fraction of sp³-hybridized carbons (Fsp3) is 0.618. The van der Waals surface area contributed by atoms with Gasteiger partial charge in [-0.3, -0.25) is 24.0 Å². The number of aliphatic carboxylic acids is 1. The number of carboxylic acid groups (broad SMARTS) is 1. The molecule has 1 unspecified atom stereocenters. The Balaban J connectivity index is 1.44. The molecule has 14 nitrogen and oxygen atoms in total. The van der Waals surface area contributed by atoms with Crippen LogP contribution in [0.15, 0.2) is 30.3 Å². The van der Waals surface area contributed by atoms with Gasteiger partial charge < -0.3 is 36.0 Å². The van der Waals surface area contributed by atoms with Crippen LogP contribution in [0.5, 0.6) is 0 Å². The summed E-state index contributed by atoms with van der Waals surface area (Å²) in [5, 5.41) is 19.7. The normalized spacial score (nSPS) is 23.2. The summed E-state index contributed by atoms with van der Waals surface area (Å²) in [7, 11) is 0. The van der Waals surface area contributed by atoms with Crippen molar-refractivity contribution in [3.63, 3.8) is 0 Å². The SMILES string of the molecule is CC(C)COC(=O)N[C@H]1CCCCCC2(CC2)CC(C(=O)C(=O)NCC(=O)N[C@H](C(=O)O)c2ccccc2)NC(=O)[C@@H]2CCCN2C1=O. The van der Waals surface area contributed by atoms with E-state index in [-0.39, 0.29) is 24.4 Å². The van der Waals surface area contributed by atoms with Crippen LogP contribution in [0.3, 0.4) is 0 Å². The fourth-order valence-corrected chi connectivity index (χ4v) is 6.41. The van der Waals surface area contributed by atoms with Crippen LogP contribution in [0.1, 0.15) is 89.7 Å². The number of amides is 5. The highest BCUT2D eigenvalue weighted by atomic mass is 16.5. The van der Waals surface area contributed by atoms with Crippen molar-refractivity contribution in [3.05, 3.63) is 35.9 Å². The number of nitrogens with zero attached hydrogens (tertiary/aromatic N) is 1. The molecule has 14 heteroatoms. The average Bonchev–Trinajstić information content (AvgIpc) is 3.63. The Morgan fingerprint density at radius 2 is 1.73 bits per heavy atom. The zero-order valence-corrected chi connectivity index (χ0v) is 27.6. The van der Waals surface area contributed by atoms with E-state index in [0.717, 1.165) is 32.1 Å². The molecule has 0 radical (unpaired) electrons. The van der Waals surface area contributed by atoms with Crippen molar-refractivity contribution in [2.24, 2.45) is 11.3 Å². The van der Waals surface area contributed by atoms with E-state index in [1.165, 1.54) is 4.90 Å². The molecule has 0 aromatic heterocycles. The maximum Gasteiger partial charge on any atom is 0.407 e. The Labute approximate surface area is 280 Å². The number of hydrogen-bond acceptors (Lipinski definition) is 8. The molecule has 0 bridgehead atoms. The van der Waals surface area contributed by atoms with E-state index >= 15 is 0 Å². The molecule has 3 aliphatic rings. The van der Waals surface area contributed by atoms with Crippen LogP contribution in [-0.4, -0.2) is 89.3 Å². The zero-order valence-electron chi connectivity index (χ0n) is 27.6. The highest BCUT2D eigenvalue weighted by molar-refractivity contribution is 6.38. The summed E-state index contributed by atoms with van der Waals surface area (Å²) in [5.74, 6) is -4.94. The summed E-state index contributed by atoms with van der Waals surface area (Å²) in [6.45, 7) is 3.67. The van der Waals surface area contributed by atoms with Crippen LogP contribution in [0, 0.1) is 11.3 Å². The first-order valence-electron chi connectivity index (χ1n) is 16.8. The highest BCUT2D eigenvalue weighted by Crippen LogP contribution is 2.53. The third-order valence-corrected chi connectivity index (χ3v) is 9.22. The van der Waals surface area contributed by atoms with Gasteiger partial charge in [-0.1, -0.05) is 63.4 Å².